The number of nitrogens with one attached hydrogen (secondary N) is 1. The van der Waals surface area contributed by atoms with Crippen molar-refractivity contribution in [3.63, 3.8) is 0 Å². The Kier molecular flexibility index (Phi) is 5.14. The summed E-state index contributed by atoms with van der Waals surface area (Å²) in [6.07, 6.45) is 1.38. The monoisotopic (exact) mass is 324 g/mol. The number of aromatic nitrogens is 1. The highest BCUT2D eigenvalue weighted by atomic mass is 35.5. The maximum absolute atomic E-state index is 11.7. The Labute approximate surface area is 130 Å². The number of anilines is 1. The fourth-order valence-corrected chi connectivity index (χ4v) is 1.77. The van der Waals surface area contributed by atoms with Crippen LogP contribution in [0.1, 0.15) is 10.4 Å². The normalized spacial score (nSPS) is 10.0. The minimum absolute atomic E-state index is 0.176. The van der Waals surface area contributed by atoms with Crippen LogP contribution in [-0.2, 0) is 9.53 Å². The summed E-state index contributed by atoms with van der Waals surface area (Å²) in [6.45, 7) is -0.401. The molecule has 2 aromatic rings. The molecule has 0 unspecified atom stereocenters. The summed E-state index contributed by atoms with van der Waals surface area (Å²) in [7, 11) is 0. The molecule has 21 heavy (non-hydrogen) atoms. The molecule has 0 aliphatic heterocycles. The molecule has 5 nitrogen and oxygen atoms in total. The number of hydrogen-bond donors (Lipinski definition) is 1. The lowest BCUT2D eigenvalue weighted by Crippen LogP contribution is -2.20. The number of carbonyl (C=O) groups excluding carboxylic acids is 2. The zero-order chi connectivity index (χ0) is 15.2. The smallest absolute Gasteiger partial charge is 0.338 e. The minimum atomic E-state index is -0.648. The number of nitrogens with zero attached hydrogens (tertiary/aromatic N) is 1. The van der Waals surface area contributed by atoms with Crippen LogP contribution in [0.15, 0.2) is 42.6 Å². The number of carbonyl (C=O) groups is 2. The minimum Gasteiger partial charge on any atom is -0.452 e. The quantitative estimate of drug-likeness (QED) is 0.692. The second-order valence-electron chi connectivity index (χ2n) is 4.00. The highest BCUT2D eigenvalue weighted by molar-refractivity contribution is 6.30. The van der Waals surface area contributed by atoms with E-state index in [9.17, 15) is 9.59 Å². The van der Waals surface area contributed by atoms with Crippen molar-refractivity contribution in [3.05, 3.63) is 58.3 Å². The van der Waals surface area contributed by atoms with Gasteiger partial charge in [0.2, 0.25) is 0 Å². The van der Waals surface area contributed by atoms with E-state index in [2.05, 4.69) is 10.3 Å². The van der Waals surface area contributed by atoms with E-state index in [1.807, 2.05) is 0 Å². The Bertz CT molecular complexity index is 660. The van der Waals surface area contributed by atoms with Gasteiger partial charge in [0, 0.05) is 16.9 Å². The van der Waals surface area contributed by atoms with Gasteiger partial charge in [-0.05, 0) is 36.4 Å². The summed E-state index contributed by atoms with van der Waals surface area (Å²) in [6, 6.07) is 9.38. The number of amides is 1. The van der Waals surface area contributed by atoms with Crippen LogP contribution in [0.5, 0.6) is 0 Å². The van der Waals surface area contributed by atoms with Crippen molar-refractivity contribution in [2.24, 2.45) is 0 Å². The van der Waals surface area contributed by atoms with Crippen LogP contribution in [0.2, 0.25) is 10.2 Å². The van der Waals surface area contributed by atoms with Gasteiger partial charge in [-0.25, -0.2) is 9.78 Å². The Morgan fingerprint density at radius 1 is 1.14 bits per heavy atom. The zero-order valence-corrected chi connectivity index (χ0v) is 12.2. The molecule has 0 aliphatic rings. The Hall–Kier alpha value is -2.11. The first kappa shape index (κ1) is 15.3. The standard InChI is InChI=1S/C14H10Cl2N2O3/c15-10-1-3-11(4-2-10)18-13(19)8-21-14(20)9-5-6-17-12(16)7-9/h1-7H,8H2,(H,18,19). The molecule has 1 heterocycles. The number of esters is 1. The number of pyridine rings is 1. The molecule has 0 radical (unpaired) electrons. The molecule has 0 saturated carbocycles. The fraction of sp³-hybridized carbons (Fsp3) is 0.0714. The van der Waals surface area contributed by atoms with Crippen LogP contribution in [0, 0.1) is 0 Å². The molecule has 0 bridgehead atoms. The van der Waals surface area contributed by atoms with Crippen molar-refractivity contribution in [3.8, 4) is 0 Å². The van der Waals surface area contributed by atoms with Crippen LogP contribution < -0.4 is 5.32 Å². The molecule has 1 aromatic heterocycles. The molecule has 0 aliphatic carbocycles. The Morgan fingerprint density at radius 2 is 1.86 bits per heavy atom. The average Bonchev–Trinajstić information content (AvgIpc) is 2.47. The lowest BCUT2D eigenvalue weighted by Gasteiger charge is -2.06. The van der Waals surface area contributed by atoms with E-state index in [0.29, 0.717) is 10.7 Å². The van der Waals surface area contributed by atoms with Crippen LogP contribution in [-0.4, -0.2) is 23.5 Å². The van der Waals surface area contributed by atoms with E-state index in [1.165, 1.54) is 18.3 Å². The van der Waals surface area contributed by atoms with Gasteiger partial charge in [0.15, 0.2) is 6.61 Å². The fourth-order valence-electron chi connectivity index (χ4n) is 1.47. The topological polar surface area (TPSA) is 68.3 Å². The summed E-state index contributed by atoms with van der Waals surface area (Å²) >= 11 is 11.4. The van der Waals surface area contributed by atoms with Gasteiger partial charge in [0.1, 0.15) is 5.15 Å². The molecule has 1 aromatic carbocycles. The lowest BCUT2D eigenvalue weighted by molar-refractivity contribution is -0.119. The second kappa shape index (κ2) is 7.06. The van der Waals surface area contributed by atoms with Gasteiger partial charge in [0.05, 0.1) is 5.56 Å². The van der Waals surface area contributed by atoms with Crippen LogP contribution in [0.3, 0.4) is 0 Å². The molecule has 2 rings (SSSR count). The van der Waals surface area contributed by atoms with Crippen molar-refractivity contribution in [1.29, 1.82) is 0 Å². The third-order valence-corrected chi connectivity index (χ3v) is 2.88. The van der Waals surface area contributed by atoms with Gasteiger partial charge in [-0.15, -0.1) is 0 Å². The lowest BCUT2D eigenvalue weighted by atomic mass is 10.3. The van der Waals surface area contributed by atoms with Crippen molar-refractivity contribution in [1.82, 2.24) is 4.98 Å². The average molecular weight is 325 g/mol. The molecule has 108 valence electrons. The van der Waals surface area contributed by atoms with Gasteiger partial charge in [0.25, 0.3) is 5.91 Å². The highest BCUT2D eigenvalue weighted by Crippen LogP contribution is 2.13. The summed E-state index contributed by atoms with van der Waals surface area (Å²) in [5.74, 6) is -1.10. The summed E-state index contributed by atoms with van der Waals surface area (Å²) in [4.78, 5) is 27.1. The van der Waals surface area contributed by atoms with Gasteiger partial charge in [-0.3, -0.25) is 4.79 Å². The molecule has 0 atom stereocenters. The predicted molar refractivity (Wildman–Crippen MR) is 79.6 cm³/mol. The molecule has 0 spiro atoms. The van der Waals surface area contributed by atoms with Crippen molar-refractivity contribution in [2.45, 2.75) is 0 Å². The maximum atomic E-state index is 11.7. The largest absolute Gasteiger partial charge is 0.452 e. The van der Waals surface area contributed by atoms with Crippen molar-refractivity contribution < 1.29 is 14.3 Å². The van der Waals surface area contributed by atoms with Gasteiger partial charge in [-0.1, -0.05) is 23.2 Å². The SMILES string of the molecule is O=C(COC(=O)c1ccnc(Cl)c1)Nc1ccc(Cl)cc1. The summed E-state index contributed by atoms with van der Waals surface area (Å²) < 4.78 is 4.88. The van der Waals surface area contributed by atoms with Crippen LogP contribution in [0.25, 0.3) is 0 Å². The maximum Gasteiger partial charge on any atom is 0.338 e. The molecule has 1 N–H and O–H groups in total. The number of rotatable bonds is 4. The van der Waals surface area contributed by atoms with E-state index in [4.69, 9.17) is 27.9 Å². The number of benzene rings is 1. The van der Waals surface area contributed by atoms with Crippen LogP contribution in [0.4, 0.5) is 5.69 Å². The van der Waals surface area contributed by atoms with E-state index >= 15 is 0 Å². The number of halogens is 2. The first-order valence-electron chi connectivity index (χ1n) is 5.89. The number of hydrogen-bond acceptors (Lipinski definition) is 4. The third-order valence-electron chi connectivity index (χ3n) is 2.42. The highest BCUT2D eigenvalue weighted by Gasteiger charge is 2.11. The second-order valence-corrected chi connectivity index (χ2v) is 4.82. The predicted octanol–water partition coefficient (Wildman–Crippen LogP) is 3.18. The first-order valence-corrected chi connectivity index (χ1v) is 6.64. The molecule has 1 amide bonds. The van der Waals surface area contributed by atoms with Gasteiger partial charge >= 0.3 is 5.97 Å². The van der Waals surface area contributed by atoms with Crippen molar-refractivity contribution >= 4 is 40.8 Å². The zero-order valence-electron chi connectivity index (χ0n) is 10.7. The van der Waals surface area contributed by atoms with E-state index in [1.54, 1.807) is 24.3 Å². The van der Waals surface area contributed by atoms with E-state index in [0.717, 1.165) is 0 Å². The number of ether oxygens (including phenoxy) is 1. The van der Waals surface area contributed by atoms with E-state index in [-0.39, 0.29) is 10.7 Å². The molecule has 0 fully saturated rings. The molecular weight excluding hydrogens is 315 g/mol. The molecular formula is C14H10Cl2N2O3. The molecule has 0 saturated heterocycles. The van der Waals surface area contributed by atoms with Gasteiger partial charge in [-0.2, -0.15) is 0 Å². The first-order chi connectivity index (χ1) is 10.0. The van der Waals surface area contributed by atoms with Crippen molar-refractivity contribution in [2.75, 3.05) is 11.9 Å². The summed E-state index contributed by atoms with van der Waals surface area (Å²) in [5, 5.41) is 3.31. The van der Waals surface area contributed by atoms with Gasteiger partial charge < -0.3 is 10.1 Å². The summed E-state index contributed by atoms with van der Waals surface area (Å²) in [5.41, 5.74) is 0.793. The Morgan fingerprint density at radius 3 is 2.52 bits per heavy atom. The molecule has 7 heteroatoms. The third kappa shape index (κ3) is 4.73. The Balaban J connectivity index is 1.86. The van der Waals surface area contributed by atoms with Crippen LogP contribution >= 0.6 is 23.2 Å². The van der Waals surface area contributed by atoms with E-state index < -0.39 is 18.5 Å².